The van der Waals surface area contributed by atoms with Gasteiger partial charge in [0, 0.05) is 25.8 Å². The predicted octanol–water partition coefficient (Wildman–Crippen LogP) is 2.35. The number of rotatable bonds is 2. The molecule has 1 aliphatic heterocycles. The quantitative estimate of drug-likeness (QED) is 0.893. The highest BCUT2D eigenvalue weighted by Gasteiger charge is 2.21. The van der Waals surface area contributed by atoms with E-state index in [-0.39, 0.29) is 6.61 Å². The van der Waals surface area contributed by atoms with Gasteiger partial charge >= 0.3 is 0 Å². The highest BCUT2D eigenvalue weighted by atomic mass is 35.5. The number of imidazole rings is 1. The molecule has 0 aliphatic carbocycles. The van der Waals surface area contributed by atoms with Crippen LogP contribution in [-0.4, -0.2) is 21.3 Å². The summed E-state index contributed by atoms with van der Waals surface area (Å²) in [5.41, 5.74) is 0.811. The van der Waals surface area contributed by atoms with Gasteiger partial charge in [-0.25, -0.2) is 4.98 Å². The standard InChI is InChI=1S/C12H13ClN2O2/c13-11-2-1-10(17-11)9-6-15-4-3-8(7-16)5-12(15)14-9/h1-2,6,8,16H,3-5,7H2. The number of aromatic nitrogens is 2. The van der Waals surface area contributed by atoms with Gasteiger partial charge in [-0.15, -0.1) is 0 Å². The molecule has 5 heteroatoms. The van der Waals surface area contributed by atoms with Crippen molar-refractivity contribution in [2.45, 2.75) is 19.4 Å². The Labute approximate surface area is 104 Å². The normalized spacial score (nSPS) is 19.3. The summed E-state index contributed by atoms with van der Waals surface area (Å²) in [5.74, 6) is 2.04. The van der Waals surface area contributed by atoms with E-state index in [9.17, 15) is 5.11 Å². The summed E-state index contributed by atoms with van der Waals surface area (Å²) < 4.78 is 7.46. The molecule has 1 atom stereocenters. The maximum absolute atomic E-state index is 9.17. The second kappa shape index (κ2) is 4.20. The first-order valence-electron chi connectivity index (χ1n) is 5.69. The highest BCUT2D eigenvalue weighted by Crippen LogP contribution is 2.27. The number of hydrogen-bond acceptors (Lipinski definition) is 3. The molecule has 0 saturated carbocycles. The maximum atomic E-state index is 9.17. The van der Waals surface area contributed by atoms with Crippen molar-refractivity contribution in [2.24, 2.45) is 5.92 Å². The molecule has 0 aromatic carbocycles. The van der Waals surface area contributed by atoms with Crippen molar-refractivity contribution in [1.82, 2.24) is 9.55 Å². The summed E-state index contributed by atoms with van der Waals surface area (Å²) in [4.78, 5) is 4.53. The lowest BCUT2D eigenvalue weighted by Crippen LogP contribution is -2.21. The van der Waals surface area contributed by atoms with Gasteiger partial charge in [0.2, 0.25) is 0 Å². The lowest BCUT2D eigenvalue weighted by Gasteiger charge is -2.20. The minimum Gasteiger partial charge on any atom is -0.443 e. The third-order valence-electron chi connectivity index (χ3n) is 3.19. The van der Waals surface area contributed by atoms with Crippen molar-refractivity contribution in [1.29, 1.82) is 0 Å². The van der Waals surface area contributed by atoms with Gasteiger partial charge in [0.25, 0.3) is 0 Å². The fourth-order valence-corrected chi connectivity index (χ4v) is 2.37. The predicted molar refractivity (Wildman–Crippen MR) is 63.8 cm³/mol. The van der Waals surface area contributed by atoms with Crippen LogP contribution in [0.2, 0.25) is 5.22 Å². The molecule has 0 radical (unpaired) electrons. The third kappa shape index (κ3) is 1.98. The monoisotopic (exact) mass is 252 g/mol. The van der Waals surface area contributed by atoms with E-state index in [1.165, 1.54) is 0 Å². The molecule has 17 heavy (non-hydrogen) atoms. The maximum Gasteiger partial charge on any atom is 0.194 e. The van der Waals surface area contributed by atoms with Crippen LogP contribution in [0.1, 0.15) is 12.2 Å². The lowest BCUT2D eigenvalue weighted by molar-refractivity contribution is 0.199. The largest absolute Gasteiger partial charge is 0.443 e. The van der Waals surface area contributed by atoms with Crippen LogP contribution in [0.15, 0.2) is 22.7 Å². The zero-order valence-electron chi connectivity index (χ0n) is 9.27. The van der Waals surface area contributed by atoms with Gasteiger partial charge in [0.05, 0.1) is 0 Å². The number of furan rings is 1. The molecule has 3 rings (SSSR count). The molecule has 1 N–H and O–H groups in total. The SMILES string of the molecule is OCC1CCn2cc(-c3ccc(Cl)o3)nc2C1. The van der Waals surface area contributed by atoms with E-state index in [4.69, 9.17) is 16.0 Å². The molecule has 2 aromatic heterocycles. The molecular formula is C12H13ClN2O2. The van der Waals surface area contributed by atoms with E-state index in [0.29, 0.717) is 16.9 Å². The second-order valence-corrected chi connectivity index (χ2v) is 4.75. The molecule has 4 nitrogen and oxygen atoms in total. The number of halogens is 1. The Bertz CT molecular complexity index is 532. The first kappa shape index (κ1) is 10.9. The van der Waals surface area contributed by atoms with E-state index in [1.54, 1.807) is 6.07 Å². The molecule has 0 spiro atoms. The molecule has 1 aliphatic rings. The number of aliphatic hydroxyl groups is 1. The van der Waals surface area contributed by atoms with E-state index < -0.39 is 0 Å². The number of aliphatic hydroxyl groups excluding tert-OH is 1. The Kier molecular flexibility index (Phi) is 2.68. The van der Waals surface area contributed by atoms with Crippen LogP contribution in [0.5, 0.6) is 0 Å². The van der Waals surface area contributed by atoms with Crippen LogP contribution >= 0.6 is 11.6 Å². The Morgan fingerprint density at radius 3 is 3.12 bits per heavy atom. The third-order valence-corrected chi connectivity index (χ3v) is 3.40. The minimum absolute atomic E-state index is 0.231. The fourth-order valence-electron chi connectivity index (χ4n) is 2.22. The van der Waals surface area contributed by atoms with Crippen molar-refractivity contribution in [3.63, 3.8) is 0 Å². The molecular weight excluding hydrogens is 240 g/mol. The highest BCUT2D eigenvalue weighted by molar-refractivity contribution is 6.28. The Morgan fingerprint density at radius 2 is 2.41 bits per heavy atom. The van der Waals surface area contributed by atoms with Crippen LogP contribution in [-0.2, 0) is 13.0 Å². The summed E-state index contributed by atoms with van der Waals surface area (Å²) >= 11 is 5.75. The molecule has 2 aromatic rings. The molecule has 1 unspecified atom stereocenters. The van der Waals surface area contributed by atoms with E-state index in [1.807, 2.05) is 12.3 Å². The first-order chi connectivity index (χ1) is 8.26. The van der Waals surface area contributed by atoms with E-state index in [2.05, 4.69) is 9.55 Å². The molecule has 0 amide bonds. The lowest BCUT2D eigenvalue weighted by atomic mass is 9.99. The zero-order chi connectivity index (χ0) is 11.8. The smallest absolute Gasteiger partial charge is 0.194 e. The summed E-state index contributed by atoms with van der Waals surface area (Å²) in [6.07, 6.45) is 3.81. The number of nitrogens with zero attached hydrogens (tertiary/aromatic N) is 2. The molecule has 0 bridgehead atoms. The summed E-state index contributed by atoms with van der Waals surface area (Å²) in [5, 5.41) is 9.55. The van der Waals surface area contributed by atoms with Crippen molar-refractivity contribution in [3.8, 4) is 11.5 Å². The summed E-state index contributed by atoms with van der Waals surface area (Å²) in [7, 11) is 0. The van der Waals surface area contributed by atoms with Crippen LogP contribution < -0.4 is 0 Å². The van der Waals surface area contributed by atoms with Crippen molar-refractivity contribution >= 4 is 11.6 Å². The average Bonchev–Trinajstić information content (AvgIpc) is 2.93. The Balaban J connectivity index is 1.92. The number of fused-ring (bicyclic) bond motifs is 1. The first-order valence-corrected chi connectivity index (χ1v) is 6.06. The van der Waals surface area contributed by atoms with Crippen LogP contribution in [0.3, 0.4) is 0 Å². The zero-order valence-corrected chi connectivity index (χ0v) is 10.0. The van der Waals surface area contributed by atoms with Gasteiger partial charge in [-0.2, -0.15) is 0 Å². The molecule has 90 valence electrons. The molecule has 3 heterocycles. The van der Waals surface area contributed by atoms with Gasteiger partial charge in [0.1, 0.15) is 11.5 Å². The minimum atomic E-state index is 0.231. The van der Waals surface area contributed by atoms with Gasteiger partial charge in [0.15, 0.2) is 11.0 Å². The van der Waals surface area contributed by atoms with Gasteiger partial charge < -0.3 is 14.1 Å². The number of hydrogen-bond donors (Lipinski definition) is 1. The summed E-state index contributed by atoms with van der Waals surface area (Å²) in [6, 6.07) is 3.53. The van der Waals surface area contributed by atoms with Crippen molar-refractivity contribution < 1.29 is 9.52 Å². The van der Waals surface area contributed by atoms with Crippen LogP contribution in [0.25, 0.3) is 11.5 Å². The topological polar surface area (TPSA) is 51.2 Å². The van der Waals surface area contributed by atoms with Crippen molar-refractivity contribution in [3.05, 3.63) is 29.4 Å². The summed E-state index contributed by atoms with van der Waals surface area (Å²) in [6.45, 7) is 1.14. The number of aryl methyl sites for hydroxylation is 1. The van der Waals surface area contributed by atoms with Gasteiger partial charge in [-0.3, -0.25) is 0 Å². The average molecular weight is 253 g/mol. The van der Waals surface area contributed by atoms with Crippen LogP contribution in [0, 0.1) is 5.92 Å². The van der Waals surface area contributed by atoms with Gasteiger partial charge in [-0.1, -0.05) is 0 Å². The van der Waals surface area contributed by atoms with E-state index in [0.717, 1.165) is 30.9 Å². The van der Waals surface area contributed by atoms with Crippen molar-refractivity contribution in [2.75, 3.05) is 6.61 Å². The molecule has 0 saturated heterocycles. The van der Waals surface area contributed by atoms with Gasteiger partial charge in [-0.05, 0) is 36.1 Å². The molecule has 0 fully saturated rings. The second-order valence-electron chi connectivity index (χ2n) is 4.38. The van der Waals surface area contributed by atoms with Crippen LogP contribution in [0.4, 0.5) is 0 Å². The van der Waals surface area contributed by atoms with E-state index >= 15 is 0 Å². The Morgan fingerprint density at radius 1 is 1.53 bits per heavy atom. The Hall–Kier alpha value is -1.26. The fraction of sp³-hybridized carbons (Fsp3) is 0.417.